The lowest BCUT2D eigenvalue weighted by Crippen LogP contribution is -2.04. The second-order valence-electron chi connectivity index (χ2n) is 6.14. The molecule has 5 rings (SSSR count). The quantitative estimate of drug-likeness (QED) is 0.405. The van der Waals surface area contributed by atoms with Gasteiger partial charge in [0.15, 0.2) is 5.82 Å². The van der Waals surface area contributed by atoms with Crippen LogP contribution in [0.5, 0.6) is 0 Å². The Morgan fingerprint density at radius 2 is 2.08 bits per heavy atom. The molecule has 124 valence electrons. The van der Waals surface area contributed by atoms with Crippen LogP contribution in [0.4, 0.5) is 5.69 Å². The van der Waals surface area contributed by atoms with Crippen molar-refractivity contribution < 1.29 is 4.92 Å². The Morgan fingerprint density at radius 3 is 2.96 bits per heavy atom. The lowest BCUT2D eigenvalue weighted by molar-refractivity contribution is -0.384. The summed E-state index contributed by atoms with van der Waals surface area (Å²) in [6, 6.07) is 4.77. The minimum Gasteiger partial charge on any atom is -0.258 e. The van der Waals surface area contributed by atoms with Crippen LogP contribution in [-0.2, 0) is 12.8 Å². The van der Waals surface area contributed by atoms with Crippen molar-refractivity contribution in [2.24, 2.45) is 0 Å². The molecule has 0 saturated heterocycles. The van der Waals surface area contributed by atoms with E-state index in [4.69, 9.17) is 0 Å². The Kier molecular flexibility index (Phi) is 3.08. The molecule has 0 aliphatic heterocycles. The number of benzene rings is 1. The minimum absolute atomic E-state index is 0.0481. The Bertz CT molecular complexity index is 1150. The van der Waals surface area contributed by atoms with Gasteiger partial charge in [0.2, 0.25) is 0 Å². The number of non-ortho nitro benzene ring substituents is 1. The summed E-state index contributed by atoms with van der Waals surface area (Å²) in [6.07, 6.45) is 7.74. The SMILES string of the molecule is O=[N+]([O-])c1ccc2cnn(-c3ncnc4sc5c(c34)CCCC5)c2c1. The second-order valence-corrected chi connectivity index (χ2v) is 7.23. The predicted molar refractivity (Wildman–Crippen MR) is 95.3 cm³/mol. The van der Waals surface area contributed by atoms with Crippen LogP contribution in [0.15, 0.2) is 30.7 Å². The number of aromatic nitrogens is 4. The molecule has 25 heavy (non-hydrogen) atoms. The van der Waals surface area contributed by atoms with Crippen molar-refractivity contribution in [3.05, 3.63) is 51.3 Å². The van der Waals surface area contributed by atoms with Crippen LogP contribution >= 0.6 is 11.3 Å². The van der Waals surface area contributed by atoms with Gasteiger partial charge in [0.1, 0.15) is 11.2 Å². The zero-order valence-corrected chi connectivity index (χ0v) is 14.0. The molecule has 1 aliphatic carbocycles. The first-order valence-electron chi connectivity index (χ1n) is 8.10. The van der Waals surface area contributed by atoms with E-state index in [-0.39, 0.29) is 5.69 Å². The molecule has 7 nitrogen and oxygen atoms in total. The van der Waals surface area contributed by atoms with Gasteiger partial charge in [-0.25, -0.2) is 14.6 Å². The average molecular weight is 351 g/mol. The van der Waals surface area contributed by atoms with Crippen molar-refractivity contribution in [2.75, 3.05) is 0 Å². The molecule has 0 unspecified atom stereocenters. The van der Waals surface area contributed by atoms with Gasteiger partial charge in [-0.3, -0.25) is 10.1 Å². The molecule has 0 saturated carbocycles. The van der Waals surface area contributed by atoms with Gasteiger partial charge >= 0.3 is 0 Å². The van der Waals surface area contributed by atoms with E-state index < -0.39 is 4.92 Å². The standard InChI is InChI=1S/C17H13N5O2S/c23-22(24)11-6-5-10-8-20-21(13(10)7-11)16-15-12-3-1-2-4-14(12)25-17(15)19-9-18-16/h5-9H,1-4H2. The van der Waals surface area contributed by atoms with Crippen LogP contribution < -0.4 is 0 Å². The summed E-state index contributed by atoms with van der Waals surface area (Å²) >= 11 is 1.72. The monoisotopic (exact) mass is 351 g/mol. The van der Waals surface area contributed by atoms with Gasteiger partial charge in [0.05, 0.1) is 22.0 Å². The first kappa shape index (κ1) is 14.5. The van der Waals surface area contributed by atoms with Gasteiger partial charge in [0.25, 0.3) is 5.69 Å². The molecule has 0 bridgehead atoms. The fourth-order valence-electron chi connectivity index (χ4n) is 3.52. The van der Waals surface area contributed by atoms with Gasteiger partial charge < -0.3 is 0 Å². The second kappa shape index (κ2) is 5.32. The van der Waals surface area contributed by atoms with Gasteiger partial charge in [0, 0.05) is 22.4 Å². The molecule has 0 N–H and O–H groups in total. The fourth-order valence-corrected chi connectivity index (χ4v) is 4.75. The number of rotatable bonds is 2. The number of fused-ring (bicyclic) bond motifs is 4. The fraction of sp³-hybridized carbons (Fsp3) is 0.235. The van der Waals surface area contributed by atoms with Crippen LogP contribution in [0.3, 0.4) is 0 Å². The smallest absolute Gasteiger partial charge is 0.258 e. The van der Waals surface area contributed by atoms with E-state index in [1.54, 1.807) is 40.7 Å². The molecule has 1 aromatic carbocycles. The molecular formula is C17H13N5O2S. The number of nitro benzene ring substituents is 1. The summed E-state index contributed by atoms with van der Waals surface area (Å²) in [5.41, 5.74) is 2.05. The summed E-state index contributed by atoms with van der Waals surface area (Å²) < 4.78 is 1.70. The summed E-state index contributed by atoms with van der Waals surface area (Å²) in [5.74, 6) is 0.708. The largest absolute Gasteiger partial charge is 0.271 e. The summed E-state index contributed by atoms with van der Waals surface area (Å²) in [4.78, 5) is 22.0. The van der Waals surface area contributed by atoms with Crippen LogP contribution in [-0.4, -0.2) is 24.7 Å². The highest BCUT2D eigenvalue weighted by atomic mass is 32.1. The molecule has 1 aliphatic rings. The van der Waals surface area contributed by atoms with Crippen LogP contribution in [0, 0.1) is 10.1 Å². The van der Waals surface area contributed by atoms with Gasteiger partial charge in [-0.15, -0.1) is 11.3 Å². The van der Waals surface area contributed by atoms with Crippen molar-refractivity contribution in [1.82, 2.24) is 19.7 Å². The maximum absolute atomic E-state index is 11.1. The third-order valence-corrected chi connectivity index (χ3v) is 5.90. The third-order valence-electron chi connectivity index (χ3n) is 4.70. The number of nitrogens with zero attached hydrogens (tertiary/aromatic N) is 5. The van der Waals surface area contributed by atoms with Gasteiger partial charge in [-0.2, -0.15) is 5.10 Å². The minimum atomic E-state index is -0.390. The van der Waals surface area contributed by atoms with Crippen molar-refractivity contribution in [1.29, 1.82) is 0 Å². The average Bonchev–Trinajstić information content (AvgIpc) is 3.22. The molecular weight excluding hydrogens is 338 g/mol. The van der Waals surface area contributed by atoms with Crippen LogP contribution in [0.25, 0.3) is 26.9 Å². The Labute approximate surface area is 146 Å². The molecule has 0 radical (unpaired) electrons. The molecule has 3 aromatic heterocycles. The van der Waals surface area contributed by atoms with Gasteiger partial charge in [-0.05, 0) is 37.3 Å². The maximum Gasteiger partial charge on any atom is 0.271 e. The van der Waals surface area contributed by atoms with E-state index in [0.29, 0.717) is 11.3 Å². The number of thiophene rings is 1. The van der Waals surface area contributed by atoms with Crippen LogP contribution in [0.2, 0.25) is 0 Å². The van der Waals surface area contributed by atoms with Gasteiger partial charge in [-0.1, -0.05) is 0 Å². The lowest BCUT2D eigenvalue weighted by atomic mass is 9.97. The van der Waals surface area contributed by atoms with E-state index >= 15 is 0 Å². The van der Waals surface area contributed by atoms with E-state index in [0.717, 1.165) is 28.4 Å². The normalized spacial score (nSPS) is 14.1. The van der Waals surface area contributed by atoms with Crippen LogP contribution in [0.1, 0.15) is 23.3 Å². The predicted octanol–water partition coefficient (Wildman–Crippen LogP) is 3.82. The summed E-state index contributed by atoms with van der Waals surface area (Å²) in [6.45, 7) is 0. The number of aryl methyl sites for hydroxylation is 2. The highest BCUT2D eigenvalue weighted by Gasteiger charge is 2.22. The number of hydrogen-bond acceptors (Lipinski definition) is 6. The Hall–Kier alpha value is -2.87. The van der Waals surface area contributed by atoms with Crippen molar-refractivity contribution in [3.8, 4) is 5.82 Å². The molecule has 0 spiro atoms. The van der Waals surface area contributed by atoms with E-state index in [1.165, 1.54) is 29.3 Å². The lowest BCUT2D eigenvalue weighted by Gasteiger charge is -2.11. The zero-order valence-electron chi connectivity index (χ0n) is 13.2. The summed E-state index contributed by atoms with van der Waals surface area (Å²) in [5, 5.41) is 17.5. The first-order chi connectivity index (χ1) is 12.2. The van der Waals surface area contributed by atoms with Crippen molar-refractivity contribution in [2.45, 2.75) is 25.7 Å². The zero-order chi connectivity index (χ0) is 17.0. The highest BCUT2D eigenvalue weighted by Crippen LogP contribution is 2.38. The number of hydrogen-bond donors (Lipinski definition) is 0. The van der Waals surface area contributed by atoms with Crippen molar-refractivity contribution >= 4 is 38.1 Å². The maximum atomic E-state index is 11.1. The van der Waals surface area contributed by atoms with E-state index in [1.807, 2.05) is 0 Å². The first-order valence-corrected chi connectivity index (χ1v) is 8.92. The Balaban J connectivity index is 1.81. The Morgan fingerprint density at radius 1 is 1.20 bits per heavy atom. The molecule has 0 atom stereocenters. The number of nitro groups is 1. The molecule has 3 heterocycles. The third kappa shape index (κ3) is 2.14. The van der Waals surface area contributed by atoms with E-state index in [9.17, 15) is 10.1 Å². The topological polar surface area (TPSA) is 86.7 Å². The molecule has 0 amide bonds. The van der Waals surface area contributed by atoms with E-state index in [2.05, 4.69) is 15.1 Å². The molecule has 4 aromatic rings. The molecule has 8 heteroatoms. The van der Waals surface area contributed by atoms with Crippen molar-refractivity contribution in [3.63, 3.8) is 0 Å². The molecule has 0 fully saturated rings. The summed E-state index contributed by atoms with van der Waals surface area (Å²) in [7, 11) is 0. The highest BCUT2D eigenvalue weighted by molar-refractivity contribution is 7.18.